The van der Waals surface area contributed by atoms with Crippen LogP contribution in [0, 0.1) is 5.41 Å². The Kier molecular flexibility index (Phi) is 7.46. The van der Waals surface area contributed by atoms with E-state index in [4.69, 9.17) is 11.6 Å². The van der Waals surface area contributed by atoms with E-state index < -0.39 is 0 Å². The fraction of sp³-hybridized carbons (Fsp3) is 0.429. The topological polar surface area (TPSA) is 57.0 Å². The van der Waals surface area contributed by atoms with Gasteiger partial charge in [0.05, 0.1) is 11.6 Å². The molecule has 0 spiro atoms. The third-order valence-corrected chi connectivity index (χ3v) is 4.82. The summed E-state index contributed by atoms with van der Waals surface area (Å²) in [5.41, 5.74) is 5.21. The molecule has 1 atom stereocenters. The predicted octanol–water partition coefficient (Wildman–Crippen LogP) is 5.03. The van der Waals surface area contributed by atoms with Crippen LogP contribution in [0.3, 0.4) is 0 Å². The number of aliphatic imine (C=N–C) groups is 1. The Morgan fingerprint density at radius 3 is 2.54 bits per heavy atom. The summed E-state index contributed by atoms with van der Waals surface area (Å²) in [6.45, 7) is 4.10. The number of hydrogen-bond acceptors (Lipinski definition) is 3. The van der Waals surface area contributed by atoms with Crippen molar-refractivity contribution in [3.8, 4) is 5.75 Å². The molecule has 0 amide bonds. The van der Waals surface area contributed by atoms with Crippen LogP contribution < -0.4 is 5.43 Å². The van der Waals surface area contributed by atoms with Crippen molar-refractivity contribution < 1.29 is 5.11 Å². The summed E-state index contributed by atoms with van der Waals surface area (Å²) in [6, 6.07) is 6.92. The molecule has 0 saturated heterocycles. The zero-order valence-electron chi connectivity index (χ0n) is 15.7. The average Bonchev–Trinajstić information content (AvgIpc) is 2.58. The van der Waals surface area contributed by atoms with E-state index in [1.54, 1.807) is 25.4 Å². The Bertz CT molecular complexity index is 698. The second kappa shape index (κ2) is 9.58. The molecule has 2 N–H and O–H groups in total. The van der Waals surface area contributed by atoms with Gasteiger partial charge >= 0.3 is 0 Å². The maximum absolute atomic E-state index is 9.35. The Morgan fingerprint density at radius 1 is 1.35 bits per heavy atom. The molecule has 4 nitrogen and oxygen atoms in total. The Labute approximate surface area is 161 Å². The summed E-state index contributed by atoms with van der Waals surface area (Å²) < 4.78 is 0. The molecule has 1 saturated carbocycles. The van der Waals surface area contributed by atoms with Gasteiger partial charge in [0, 0.05) is 12.4 Å². The summed E-state index contributed by atoms with van der Waals surface area (Å²) >= 11 is 6.11. The number of phenolic OH excluding ortho intramolecular Hbond substituents is 1. The van der Waals surface area contributed by atoms with Gasteiger partial charge in [-0.05, 0) is 61.6 Å². The van der Waals surface area contributed by atoms with Crippen molar-refractivity contribution in [3.05, 3.63) is 53.6 Å². The van der Waals surface area contributed by atoms with Crippen LogP contribution in [0.5, 0.6) is 5.75 Å². The summed E-state index contributed by atoms with van der Waals surface area (Å²) in [5.74, 6) is 1.12. The van der Waals surface area contributed by atoms with E-state index in [0.717, 1.165) is 30.7 Å². The summed E-state index contributed by atoms with van der Waals surface area (Å²) in [7, 11) is 1.80. The summed E-state index contributed by atoms with van der Waals surface area (Å²) in [5, 5.41) is 13.7. The first-order valence-electron chi connectivity index (χ1n) is 9.10. The molecular formula is C21H28ClN3O. The van der Waals surface area contributed by atoms with Crippen molar-refractivity contribution in [1.82, 2.24) is 5.43 Å². The van der Waals surface area contributed by atoms with E-state index in [-0.39, 0.29) is 16.5 Å². The first kappa shape index (κ1) is 20.2. The van der Waals surface area contributed by atoms with Crippen LogP contribution in [0.2, 0.25) is 0 Å². The van der Waals surface area contributed by atoms with Gasteiger partial charge in [0.1, 0.15) is 11.6 Å². The number of phenols is 1. The number of hydrogen-bond donors (Lipinski definition) is 2. The molecule has 1 fully saturated rings. The highest BCUT2D eigenvalue weighted by Gasteiger charge is 2.44. The zero-order valence-corrected chi connectivity index (χ0v) is 16.5. The molecule has 140 valence electrons. The van der Waals surface area contributed by atoms with E-state index in [0.29, 0.717) is 0 Å². The maximum Gasteiger partial charge on any atom is 0.127 e. The lowest BCUT2D eigenvalue weighted by Gasteiger charge is -2.43. The van der Waals surface area contributed by atoms with E-state index in [1.165, 1.54) is 12.0 Å². The lowest BCUT2D eigenvalue weighted by Crippen LogP contribution is -2.45. The SMILES string of the molecule is CC/C=C(\C=C/C(C)Cl)C1(C(=NC)N/N=C/c2ccc(O)cc2)CCC1. The lowest BCUT2D eigenvalue weighted by molar-refractivity contribution is 0.283. The fourth-order valence-corrected chi connectivity index (χ4v) is 3.24. The molecule has 0 bridgehead atoms. The summed E-state index contributed by atoms with van der Waals surface area (Å²) in [4.78, 5) is 4.50. The van der Waals surface area contributed by atoms with Crippen molar-refractivity contribution in [3.63, 3.8) is 0 Å². The molecule has 0 aliphatic heterocycles. The molecule has 1 aliphatic carbocycles. The average molecular weight is 374 g/mol. The molecule has 2 rings (SSSR count). The van der Waals surface area contributed by atoms with Gasteiger partial charge in [-0.3, -0.25) is 10.4 Å². The van der Waals surface area contributed by atoms with Crippen LogP contribution >= 0.6 is 11.6 Å². The number of rotatable bonds is 7. The second-order valence-corrected chi connectivity index (χ2v) is 7.26. The van der Waals surface area contributed by atoms with Crippen LogP contribution in [0.25, 0.3) is 0 Å². The minimum atomic E-state index is -0.112. The van der Waals surface area contributed by atoms with Gasteiger partial charge in [0.15, 0.2) is 0 Å². The fourth-order valence-electron chi connectivity index (χ4n) is 3.17. The number of aromatic hydroxyl groups is 1. The largest absolute Gasteiger partial charge is 0.508 e. The highest BCUT2D eigenvalue weighted by Crippen LogP contribution is 2.48. The molecule has 5 heteroatoms. The van der Waals surface area contributed by atoms with Gasteiger partial charge in [-0.15, -0.1) is 11.6 Å². The van der Waals surface area contributed by atoms with Crippen molar-refractivity contribution >= 4 is 23.7 Å². The minimum Gasteiger partial charge on any atom is -0.508 e. The molecule has 0 radical (unpaired) electrons. The Hall–Kier alpha value is -2.07. The number of halogens is 1. The van der Waals surface area contributed by atoms with Crippen molar-refractivity contribution in [2.45, 2.75) is 44.9 Å². The zero-order chi connectivity index (χ0) is 19.0. The van der Waals surface area contributed by atoms with Crippen LogP contribution in [0.4, 0.5) is 0 Å². The third-order valence-electron chi connectivity index (χ3n) is 4.68. The van der Waals surface area contributed by atoms with Gasteiger partial charge in [-0.25, -0.2) is 0 Å². The molecule has 1 aromatic rings. The van der Waals surface area contributed by atoms with Crippen molar-refractivity contribution in [2.24, 2.45) is 15.5 Å². The molecule has 1 aliphatic rings. The van der Waals surface area contributed by atoms with E-state index in [2.05, 4.69) is 34.6 Å². The van der Waals surface area contributed by atoms with Crippen LogP contribution in [-0.2, 0) is 0 Å². The van der Waals surface area contributed by atoms with Crippen molar-refractivity contribution in [2.75, 3.05) is 7.05 Å². The molecule has 0 aromatic heterocycles. The van der Waals surface area contributed by atoms with E-state index in [9.17, 15) is 5.11 Å². The van der Waals surface area contributed by atoms with Crippen molar-refractivity contribution in [1.29, 1.82) is 0 Å². The number of amidine groups is 1. The molecule has 1 aromatic carbocycles. The number of nitrogens with one attached hydrogen (secondary N) is 1. The third kappa shape index (κ3) is 4.98. The molecule has 0 heterocycles. The predicted molar refractivity (Wildman–Crippen MR) is 111 cm³/mol. The van der Waals surface area contributed by atoms with Gasteiger partial charge in [-0.1, -0.05) is 31.6 Å². The first-order chi connectivity index (χ1) is 12.5. The first-order valence-corrected chi connectivity index (χ1v) is 9.53. The monoisotopic (exact) mass is 373 g/mol. The standard InChI is InChI=1S/C21H28ClN3O/c1-4-6-18(10-7-16(2)22)21(13-5-14-21)20(23-3)25-24-15-17-8-11-19(26)12-9-17/h6-12,15-16,26H,4-5,13-14H2,1-3H3,(H,23,25)/b10-7-,18-6+,24-15+. The molecule has 1 unspecified atom stereocenters. The van der Waals surface area contributed by atoms with Gasteiger partial charge in [-0.2, -0.15) is 5.10 Å². The number of allylic oxidation sites excluding steroid dienone is 3. The molecular weight excluding hydrogens is 346 g/mol. The number of nitrogens with zero attached hydrogens (tertiary/aromatic N) is 2. The highest BCUT2D eigenvalue weighted by molar-refractivity contribution is 6.21. The second-order valence-electron chi connectivity index (χ2n) is 6.57. The Balaban J connectivity index is 2.19. The van der Waals surface area contributed by atoms with Crippen LogP contribution in [0.1, 0.15) is 45.1 Å². The lowest BCUT2D eigenvalue weighted by atomic mass is 9.62. The molecule has 26 heavy (non-hydrogen) atoms. The number of hydrazone groups is 1. The van der Waals surface area contributed by atoms with Crippen LogP contribution in [-0.4, -0.2) is 29.6 Å². The smallest absolute Gasteiger partial charge is 0.127 e. The number of benzene rings is 1. The highest BCUT2D eigenvalue weighted by atomic mass is 35.5. The van der Waals surface area contributed by atoms with Gasteiger partial charge in [0.25, 0.3) is 0 Å². The Morgan fingerprint density at radius 2 is 2.04 bits per heavy atom. The van der Waals surface area contributed by atoms with E-state index in [1.807, 2.05) is 25.1 Å². The van der Waals surface area contributed by atoms with Gasteiger partial charge in [0.2, 0.25) is 0 Å². The van der Waals surface area contributed by atoms with Gasteiger partial charge < -0.3 is 5.11 Å². The maximum atomic E-state index is 9.35. The summed E-state index contributed by atoms with van der Waals surface area (Å²) in [6.07, 6.45) is 12.4. The normalized spacial score (nSPS) is 18.9. The van der Waals surface area contributed by atoms with Crippen LogP contribution in [0.15, 0.2) is 58.2 Å². The van der Waals surface area contributed by atoms with E-state index >= 15 is 0 Å². The number of alkyl halides is 1. The quantitative estimate of drug-likeness (QED) is 0.231. The minimum absolute atomic E-state index is 0.00475.